The molecular weight excluding hydrogens is 429 g/mol. The van der Waals surface area contributed by atoms with Crippen LogP contribution in [0.4, 0.5) is 0 Å². The van der Waals surface area contributed by atoms with Gasteiger partial charge in [0.05, 0.1) is 21.1 Å². The van der Waals surface area contributed by atoms with Crippen LogP contribution in [-0.2, 0) is 14.9 Å². The Kier molecular flexibility index (Phi) is 11.8. The number of hydrogen-bond donors (Lipinski definition) is 0. The Morgan fingerprint density at radius 2 is 1.23 bits per heavy atom. The SMILES string of the molecule is CCCC(=O)OCC[N+](C)(C)C.[BH3-]CCCC(c1ccccc1)(c1ccccc1)c1ccccc1. The second-order valence-electron chi connectivity index (χ2n) is 9.59. The van der Waals surface area contributed by atoms with Crippen molar-refractivity contribution >= 4 is 13.8 Å². The highest BCUT2D eigenvalue weighted by molar-refractivity contribution is 6.08. The summed E-state index contributed by atoms with van der Waals surface area (Å²) in [7, 11) is 6.70. The molecule has 35 heavy (non-hydrogen) atoms. The lowest BCUT2D eigenvalue weighted by molar-refractivity contribution is -0.870. The third-order valence-corrected chi connectivity index (χ3v) is 5.83. The van der Waals surface area contributed by atoms with E-state index in [2.05, 4.69) is 112 Å². The lowest BCUT2D eigenvalue weighted by Gasteiger charge is -2.36. The fourth-order valence-electron chi connectivity index (χ4n) is 4.08. The molecule has 188 valence electrons. The molecule has 0 saturated heterocycles. The van der Waals surface area contributed by atoms with Crippen LogP contribution in [0, 0.1) is 0 Å². The van der Waals surface area contributed by atoms with E-state index in [-0.39, 0.29) is 11.4 Å². The summed E-state index contributed by atoms with van der Waals surface area (Å²) in [5.74, 6) is -0.0778. The number of esters is 1. The molecular formula is C31H44BNO2. The summed E-state index contributed by atoms with van der Waals surface area (Å²) < 4.78 is 5.84. The van der Waals surface area contributed by atoms with Gasteiger partial charge in [-0.1, -0.05) is 104 Å². The Labute approximate surface area is 214 Å². The molecule has 3 nitrogen and oxygen atoms in total. The number of likely N-dealkylation sites (N-methyl/N-ethyl adjacent to an activating group) is 1. The van der Waals surface area contributed by atoms with Crippen molar-refractivity contribution in [1.29, 1.82) is 0 Å². The lowest BCUT2D eigenvalue weighted by atomic mass is 9.66. The summed E-state index contributed by atoms with van der Waals surface area (Å²) in [6.07, 6.45) is 5.36. The van der Waals surface area contributed by atoms with Gasteiger partial charge in [0, 0.05) is 11.8 Å². The molecule has 3 aromatic rings. The number of rotatable bonds is 11. The first kappa shape index (κ1) is 28.4. The predicted molar refractivity (Wildman–Crippen MR) is 152 cm³/mol. The Morgan fingerprint density at radius 1 is 0.800 bits per heavy atom. The molecule has 0 aliphatic heterocycles. The zero-order valence-electron chi connectivity index (χ0n) is 21.4. The molecule has 0 aliphatic rings. The average molecular weight is 474 g/mol. The highest BCUT2D eigenvalue weighted by Crippen LogP contribution is 2.43. The molecule has 0 aromatic heterocycles. The summed E-state index contributed by atoms with van der Waals surface area (Å²) in [6.45, 7) is 3.37. The Bertz CT molecular complexity index is 872. The van der Waals surface area contributed by atoms with Gasteiger partial charge in [-0.05, 0) is 37.4 Å². The van der Waals surface area contributed by atoms with Gasteiger partial charge in [-0.15, -0.1) is 0 Å². The minimum absolute atomic E-state index is 0.0297. The number of carbonyl (C=O) groups excluding carboxylic acids is 1. The van der Waals surface area contributed by atoms with Crippen LogP contribution in [0.15, 0.2) is 91.0 Å². The van der Waals surface area contributed by atoms with Crippen molar-refractivity contribution in [2.75, 3.05) is 34.3 Å². The van der Waals surface area contributed by atoms with Crippen molar-refractivity contribution in [3.05, 3.63) is 108 Å². The molecule has 0 fully saturated rings. The van der Waals surface area contributed by atoms with Crippen molar-refractivity contribution in [2.24, 2.45) is 0 Å². The van der Waals surface area contributed by atoms with Gasteiger partial charge in [-0.3, -0.25) is 4.79 Å². The number of carbonyl (C=O) groups is 1. The van der Waals surface area contributed by atoms with Crippen molar-refractivity contribution in [1.82, 2.24) is 0 Å². The highest BCUT2D eigenvalue weighted by atomic mass is 16.5. The predicted octanol–water partition coefficient (Wildman–Crippen LogP) is 5.62. The van der Waals surface area contributed by atoms with Crippen LogP contribution >= 0.6 is 0 Å². The maximum atomic E-state index is 10.9. The maximum Gasteiger partial charge on any atom is 0.305 e. The normalized spacial score (nSPS) is 11.3. The minimum Gasteiger partial charge on any atom is -0.460 e. The number of benzene rings is 3. The number of quaternary nitrogens is 1. The van der Waals surface area contributed by atoms with Gasteiger partial charge >= 0.3 is 5.97 Å². The molecule has 0 spiro atoms. The van der Waals surface area contributed by atoms with E-state index in [1.165, 1.54) is 35.9 Å². The lowest BCUT2D eigenvalue weighted by Crippen LogP contribution is -2.37. The molecule has 0 unspecified atom stereocenters. The fourth-order valence-corrected chi connectivity index (χ4v) is 4.08. The van der Waals surface area contributed by atoms with Gasteiger partial charge in [0.15, 0.2) is 0 Å². The van der Waals surface area contributed by atoms with Crippen LogP contribution in [-0.4, -0.2) is 52.6 Å². The molecule has 0 bridgehead atoms. The van der Waals surface area contributed by atoms with E-state index in [0.29, 0.717) is 20.9 Å². The van der Waals surface area contributed by atoms with Crippen molar-refractivity contribution < 1.29 is 14.0 Å². The van der Waals surface area contributed by atoms with E-state index >= 15 is 0 Å². The van der Waals surface area contributed by atoms with Crippen LogP contribution in [0.3, 0.4) is 0 Å². The zero-order chi connectivity index (χ0) is 25.6. The molecule has 3 aromatic carbocycles. The summed E-state index contributed by atoms with van der Waals surface area (Å²) in [5.41, 5.74) is 4.19. The van der Waals surface area contributed by atoms with Crippen molar-refractivity contribution in [2.45, 2.75) is 44.3 Å². The Balaban J connectivity index is 0.000000307. The van der Waals surface area contributed by atoms with Gasteiger partial charge in [0.2, 0.25) is 0 Å². The van der Waals surface area contributed by atoms with Crippen LogP contribution in [0.1, 0.15) is 49.3 Å². The van der Waals surface area contributed by atoms with Crippen LogP contribution < -0.4 is 0 Å². The quantitative estimate of drug-likeness (QED) is 0.156. The van der Waals surface area contributed by atoms with E-state index < -0.39 is 0 Å². The molecule has 0 amide bonds. The topological polar surface area (TPSA) is 26.3 Å². The van der Waals surface area contributed by atoms with Crippen molar-refractivity contribution in [3.8, 4) is 0 Å². The van der Waals surface area contributed by atoms with Crippen LogP contribution in [0.5, 0.6) is 0 Å². The van der Waals surface area contributed by atoms with Gasteiger partial charge in [-0.25, -0.2) is 0 Å². The Morgan fingerprint density at radius 3 is 1.57 bits per heavy atom. The largest absolute Gasteiger partial charge is 0.460 e. The molecule has 0 heterocycles. The molecule has 0 atom stereocenters. The third-order valence-electron chi connectivity index (χ3n) is 5.83. The second-order valence-corrected chi connectivity index (χ2v) is 9.59. The van der Waals surface area contributed by atoms with Gasteiger partial charge in [0.25, 0.3) is 0 Å². The summed E-state index contributed by atoms with van der Waals surface area (Å²) >= 11 is 0. The molecule has 0 aliphatic carbocycles. The van der Waals surface area contributed by atoms with Crippen LogP contribution in [0.2, 0.25) is 6.32 Å². The molecule has 0 radical (unpaired) electrons. The first-order valence-electron chi connectivity index (χ1n) is 12.3. The number of nitrogens with zero attached hydrogens (tertiary/aromatic N) is 1. The second kappa shape index (κ2) is 14.5. The van der Waals surface area contributed by atoms with Crippen LogP contribution in [0.25, 0.3) is 0 Å². The van der Waals surface area contributed by atoms with Gasteiger partial charge in [0.1, 0.15) is 13.2 Å². The number of hydrogen-bond acceptors (Lipinski definition) is 2. The minimum atomic E-state index is -0.0778. The number of ether oxygens (including phenoxy) is 1. The first-order chi connectivity index (χ1) is 16.8. The molecule has 4 heteroatoms. The van der Waals surface area contributed by atoms with E-state index in [1.54, 1.807) is 0 Å². The first-order valence-corrected chi connectivity index (χ1v) is 12.3. The smallest absolute Gasteiger partial charge is 0.305 e. The molecule has 0 N–H and O–H groups in total. The molecule has 0 saturated carbocycles. The van der Waals surface area contributed by atoms with Gasteiger partial charge in [-0.2, -0.15) is 6.32 Å². The summed E-state index contributed by atoms with van der Waals surface area (Å²) in [5, 5.41) is 0. The monoisotopic (exact) mass is 473 g/mol. The highest BCUT2D eigenvalue weighted by Gasteiger charge is 2.35. The fraction of sp³-hybridized carbons (Fsp3) is 0.387. The van der Waals surface area contributed by atoms with E-state index in [0.717, 1.165) is 17.4 Å². The van der Waals surface area contributed by atoms with E-state index in [1.807, 2.05) is 6.92 Å². The van der Waals surface area contributed by atoms with Gasteiger partial charge < -0.3 is 9.22 Å². The summed E-state index contributed by atoms with van der Waals surface area (Å²) in [4.78, 5) is 10.9. The van der Waals surface area contributed by atoms with E-state index in [4.69, 9.17) is 4.74 Å². The third kappa shape index (κ3) is 9.03. The zero-order valence-corrected chi connectivity index (χ0v) is 21.4. The summed E-state index contributed by atoms with van der Waals surface area (Å²) in [6, 6.07) is 33.1. The maximum absolute atomic E-state index is 10.9. The Hall–Kier alpha value is -2.85. The van der Waals surface area contributed by atoms with Crippen molar-refractivity contribution in [3.63, 3.8) is 0 Å². The standard InChI is InChI=1S/C22H24B.C9H20NO2/c23-18-10-17-22(19-11-4-1-5-12-19,20-13-6-2-7-14-20)21-15-8-3-9-16-21;1-5-6-9(11)12-8-7-10(2,3)4/h1-9,11-16H,10,17-18H2,23H3;5-8H2,1-4H3/q-1;+1. The average Bonchev–Trinajstić information content (AvgIpc) is 2.86. The molecule has 3 rings (SSSR count). The van der Waals surface area contributed by atoms with E-state index in [9.17, 15) is 4.79 Å².